The summed E-state index contributed by atoms with van der Waals surface area (Å²) in [5, 5.41) is 3.72. The number of carbonyl (C=O) groups excluding carboxylic acids is 1. The first-order valence-corrected chi connectivity index (χ1v) is 9.45. The Morgan fingerprint density at radius 3 is 2.35 bits per heavy atom. The highest BCUT2D eigenvalue weighted by Gasteiger charge is 2.32. The number of hydrogen-bond donors (Lipinski definition) is 1. The summed E-state index contributed by atoms with van der Waals surface area (Å²) in [5.41, 5.74) is 4.14. The van der Waals surface area contributed by atoms with Crippen molar-refractivity contribution in [1.29, 1.82) is 0 Å². The topological polar surface area (TPSA) is 41.6 Å². The van der Waals surface area contributed by atoms with E-state index in [-0.39, 0.29) is 11.9 Å². The van der Waals surface area contributed by atoms with Crippen LogP contribution < -0.4 is 10.1 Å². The van der Waals surface area contributed by atoms with E-state index in [0.717, 1.165) is 38.1 Å². The van der Waals surface area contributed by atoms with E-state index in [0.29, 0.717) is 12.5 Å². The number of nitrogens with zero attached hydrogens (tertiary/aromatic N) is 1. The Labute approximate surface area is 155 Å². The molecule has 0 radical (unpaired) electrons. The van der Waals surface area contributed by atoms with Crippen LogP contribution in [0.5, 0.6) is 5.75 Å². The maximum atomic E-state index is 12.4. The lowest BCUT2D eigenvalue weighted by atomic mass is 10.1. The van der Waals surface area contributed by atoms with Gasteiger partial charge in [0.25, 0.3) is 0 Å². The molecule has 1 N–H and O–H groups in total. The van der Waals surface area contributed by atoms with Gasteiger partial charge < -0.3 is 15.0 Å². The minimum atomic E-state index is 0.270. The summed E-state index contributed by atoms with van der Waals surface area (Å²) in [4.78, 5) is 14.4. The predicted molar refractivity (Wildman–Crippen MR) is 102 cm³/mol. The van der Waals surface area contributed by atoms with Gasteiger partial charge in [0.2, 0.25) is 5.91 Å². The van der Waals surface area contributed by atoms with E-state index < -0.39 is 0 Å². The summed E-state index contributed by atoms with van der Waals surface area (Å²) < 4.78 is 5.19. The zero-order chi connectivity index (χ0) is 17.9. The average Bonchev–Trinajstić information content (AvgIpc) is 3.22. The fourth-order valence-electron chi connectivity index (χ4n) is 4.17. The van der Waals surface area contributed by atoms with Crippen molar-refractivity contribution in [3.8, 4) is 5.75 Å². The molecule has 1 atom stereocenters. The molecule has 0 unspecified atom stereocenters. The molecule has 26 heavy (non-hydrogen) atoms. The number of methoxy groups -OCH3 is 1. The fourth-order valence-corrected chi connectivity index (χ4v) is 4.17. The van der Waals surface area contributed by atoms with E-state index in [4.69, 9.17) is 4.74 Å². The Morgan fingerprint density at radius 1 is 1.00 bits per heavy atom. The molecule has 1 aliphatic carbocycles. The second-order valence-corrected chi connectivity index (χ2v) is 7.38. The summed E-state index contributed by atoms with van der Waals surface area (Å²) in [6.45, 7) is 1.61. The van der Waals surface area contributed by atoms with Gasteiger partial charge in [0.15, 0.2) is 0 Å². The van der Waals surface area contributed by atoms with Crippen molar-refractivity contribution < 1.29 is 9.53 Å². The van der Waals surface area contributed by atoms with E-state index in [9.17, 15) is 4.79 Å². The summed E-state index contributed by atoms with van der Waals surface area (Å²) in [6.07, 6.45) is 3.66. The Balaban J connectivity index is 1.27. The molecule has 1 aliphatic heterocycles. The second kappa shape index (κ2) is 7.50. The number of carbonyl (C=O) groups is 1. The van der Waals surface area contributed by atoms with Gasteiger partial charge in [-0.2, -0.15) is 0 Å². The lowest BCUT2D eigenvalue weighted by molar-refractivity contribution is -0.127. The summed E-state index contributed by atoms with van der Waals surface area (Å²) in [6, 6.07) is 17.5. The number of benzene rings is 2. The zero-order valence-corrected chi connectivity index (χ0v) is 15.3. The van der Waals surface area contributed by atoms with Crippen LogP contribution in [0.15, 0.2) is 48.5 Å². The van der Waals surface area contributed by atoms with Crippen molar-refractivity contribution in [1.82, 2.24) is 10.2 Å². The molecule has 2 aromatic carbocycles. The molecule has 2 aliphatic rings. The molecular weight excluding hydrogens is 324 g/mol. The van der Waals surface area contributed by atoms with E-state index in [1.165, 1.54) is 16.7 Å². The first-order valence-electron chi connectivity index (χ1n) is 9.45. The van der Waals surface area contributed by atoms with Crippen LogP contribution >= 0.6 is 0 Å². The van der Waals surface area contributed by atoms with E-state index in [2.05, 4.69) is 41.7 Å². The van der Waals surface area contributed by atoms with Crippen molar-refractivity contribution in [3.05, 3.63) is 65.2 Å². The van der Waals surface area contributed by atoms with Crippen LogP contribution in [0.3, 0.4) is 0 Å². The number of rotatable bonds is 6. The van der Waals surface area contributed by atoms with Gasteiger partial charge >= 0.3 is 0 Å². The van der Waals surface area contributed by atoms with Gasteiger partial charge in [0, 0.05) is 31.6 Å². The van der Waals surface area contributed by atoms with Crippen molar-refractivity contribution >= 4 is 5.91 Å². The Bertz CT molecular complexity index is 747. The van der Waals surface area contributed by atoms with Gasteiger partial charge in [-0.25, -0.2) is 0 Å². The largest absolute Gasteiger partial charge is 0.497 e. The molecule has 0 spiro atoms. The molecule has 0 saturated carbocycles. The standard InChI is InChI=1S/C22H26N2O2/c1-26-21-8-6-16(7-9-21)10-11-24-15-20(14-22(24)25)23-19-12-17-4-2-3-5-18(17)13-19/h2-9,19-20,23H,10-15H2,1H3/t20-/m0/s1. The smallest absolute Gasteiger partial charge is 0.224 e. The molecular formula is C22H26N2O2. The normalized spacial score (nSPS) is 19.8. The molecule has 0 bridgehead atoms. The number of amides is 1. The predicted octanol–water partition coefficient (Wildman–Crippen LogP) is 2.60. The summed E-state index contributed by atoms with van der Waals surface area (Å²) >= 11 is 0. The maximum Gasteiger partial charge on any atom is 0.224 e. The van der Waals surface area contributed by atoms with E-state index in [1.807, 2.05) is 17.0 Å². The average molecular weight is 350 g/mol. The van der Waals surface area contributed by atoms with Crippen LogP contribution in [0.1, 0.15) is 23.1 Å². The minimum Gasteiger partial charge on any atom is -0.497 e. The number of hydrogen-bond acceptors (Lipinski definition) is 3. The monoisotopic (exact) mass is 350 g/mol. The molecule has 4 heteroatoms. The number of ether oxygens (including phenoxy) is 1. The third kappa shape index (κ3) is 3.75. The second-order valence-electron chi connectivity index (χ2n) is 7.38. The Morgan fingerprint density at radius 2 is 1.69 bits per heavy atom. The lowest BCUT2D eigenvalue weighted by Crippen LogP contribution is -2.40. The van der Waals surface area contributed by atoms with Crippen LogP contribution in [0, 0.1) is 0 Å². The molecule has 4 nitrogen and oxygen atoms in total. The maximum absolute atomic E-state index is 12.4. The zero-order valence-electron chi connectivity index (χ0n) is 15.3. The molecule has 136 valence electrons. The molecule has 1 saturated heterocycles. The first kappa shape index (κ1) is 17.1. The Hall–Kier alpha value is -2.33. The van der Waals surface area contributed by atoms with Crippen LogP contribution in [0.4, 0.5) is 0 Å². The van der Waals surface area contributed by atoms with E-state index in [1.54, 1.807) is 7.11 Å². The lowest BCUT2D eigenvalue weighted by Gasteiger charge is -2.20. The molecule has 2 aromatic rings. The summed E-state index contributed by atoms with van der Waals surface area (Å²) in [7, 11) is 1.67. The molecule has 4 rings (SSSR count). The van der Waals surface area contributed by atoms with Crippen molar-refractivity contribution in [2.45, 2.75) is 37.8 Å². The molecule has 1 amide bonds. The third-order valence-corrected chi connectivity index (χ3v) is 5.57. The van der Waals surface area contributed by atoms with Crippen molar-refractivity contribution in [2.75, 3.05) is 20.2 Å². The first-order chi connectivity index (χ1) is 12.7. The Kier molecular flexibility index (Phi) is 4.93. The van der Waals surface area contributed by atoms with Crippen molar-refractivity contribution in [2.24, 2.45) is 0 Å². The van der Waals surface area contributed by atoms with Crippen LogP contribution in [-0.2, 0) is 24.1 Å². The SMILES string of the molecule is COc1ccc(CCN2C[C@@H](NC3Cc4ccccc4C3)CC2=O)cc1. The van der Waals surface area contributed by atoms with Gasteiger partial charge in [-0.3, -0.25) is 4.79 Å². The van der Waals surface area contributed by atoms with Gasteiger partial charge in [-0.1, -0.05) is 36.4 Å². The van der Waals surface area contributed by atoms with Crippen LogP contribution in [-0.4, -0.2) is 43.1 Å². The number of fused-ring (bicyclic) bond motifs is 1. The van der Waals surface area contributed by atoms with Gasteiger partial charge in [0.05, 0.1) is 7.11 Å². The van der Waals surface area contributed by atoms with Crippen molar-refractivity contribution in [3.63, 3.8) is 0 Å². The highest BCUT2D eigenvalue weighted by Crippen LogP contribution is 2.23. The minimum absolute atomic E-state index is 0.270. The number of likely N-dealkylation sites (tertiary alicyclic amines) is 1. The molecule has 1 heterocycles. The van der Waals surface area contributed by atoms with Crippen LogP contribution in [0.2, 0.25) is 0 Å². The van der Waals surface area contributed by atoms with E-state index >= 15 is 0 Å². The van der Waals surface area contributed by atoms with Gasteiger partial charge in [-0.15, -0.1) is 0 Å². The molecule has 0 aromatic heterocycles. The quantitative estimate of drug-likeness (QED) is 0.871. The highest BCUT2D eigenvalue weighted by molar-refractivity contribution is 5.79. The van der Waals surface area contributed by atoms with Crippen LogP contribution in [0.25, 0.3) is 0 Å². The fraction of sp³-hybridized carbons (Fsp3) is 0.409. The summed E-state index contributed by atoms with van der Waals surface area (Å²) in [5.74, 6) is 1.14. The van der Waals surface area contributed by atoms with Gasteiger partial charge in [-0.05, 0) is 48.1 Å². The third-order valence-electron chi connectivity index (χ3n) is 5.57. The van der Waals surface area contributed by atoms with Gasteiger partial charge in [0.1, 0.15) is 5.75 Å². The number of nitrogens with one attached hydrogen (secondary N) is 1. The molecule has 1 fully saturated rings. The highest BCUT2D eigenvalue weighted by atomic mass is 16.5.